The van der Waals surface area contributed by atoms with E-state index in [1.54, 1.807) is 24.3 Å². The second-order valence-corrected chi connectivity index (χ2v) is 4.11. The van der Waals surface area contributed by atoms with Crippen molar-refractivity contribution in [2.75, 3.05) is 13.2 Å². The van der Waals surface area contributed by atoms with E-state index in [-0.39, 0.29) is 5.91 Å². The van der Waals surface area contributed by atoms with Crippen molar-refractivity contribution in [1.29, 1.82) is 5.26 Å². The highest BCUT2D eigenvalue weighted by molar-refractivity contribution is 5.94. The molecule has 20 heavy (non-hydrogen) atoms. The van der Waals surface area contributed by atoms with Gasteiger partial charge in [0.1, 0.15) is 12.4 Å². The zero-order valence-electron chi connectivity index (χ0n) is 10.9. The van der Waals surface area contributed by atoms with Crippen LogP contribution in [-0.2, 0) is 0 Å². The molecule has 0 unspecified atom stereocenters. The highest BCUT2D eigenvalue weighted by Crippen LogP contribution is 2.07. The molecule has 0 saturated carbocycles. The van der Waals surface area contributed by atoms with E-state index in [4.69, 9.17) is 10.00 Å². The summed E-state index contributed by atoms with van der Waals surface area (Å²) >= 11 is 0. The van der Waals surface area contributed by atoms with Crippen LogP contribution in [0.3, 0.4) is 0 Å². The Balaban J connectivity index is 1.79. The van der Waals surface area contributed by atoms with E-state index in [9.17, 15) is 4.79 Å². The molecule has 0 aromatic heterocycles. The highest BCUT2D eigenvalue weighted by atomic mass is 16.5. The summed E-state index contributed by atoms with van der Waals surface area (Å²) in [4.78, 5) is 11.8. The topological polar surface area (TPSA) is 62.1 Å². The normalized spacial score (nSPS) is 9.55. The van der Waals surface area contributed by atoms with Gasteiger partial charge in [-0.3, -0.25) is 4.79 Å². The van der Waals surface area contributed by atoms with E-state index in [2.05, 4.69) is 5.32 Å². The summed E-state index contributed by atoms with van der Waals surface area (Å²) in [5, 5.41) is 11.5. The van der Waals surface area contributed by atoms with Crippen LogP contribution in [0.2, 0.25) is 0 Å². The number of nitrogens with one attached hydrogen (secondary N) is 1. The van der Waals surface area contributed by atoms with Crippen LogP contribution in [0.1, 0.15) is 15.9 Å². The van der Waals surface area contributed by atoms with Gasteiger partial charge < -0.3 is 10.1 Å². The molecule has 0 heterocycles. The molecule has 0 aliphatic carbocycles. The molecule has 0 aliphatic rings. The van der Waals surface area contributed by atoms with E-state index in [1.807, 2.05) is 36.4 Å². The van der Waals surface area contributed by atoms with E-state index in [1.165, 1.54) is 0 Å². The average molecular weight is 266 g/mol. The summed E-state index contributed by atoms with van der Waals surface area (Å²) in [6.07, 6.45) is 0. The van der Waals surface area contributed by atoms with Crippen molar-refractivity contribution in [3.63, 3.8) is 0 Å². The maximum atomic E-state index is 11.8. The molecule has 0 radical (unpaired) electrons. The second kappa shape index (κ2) is 6.95. The predicted molar refractivity (Wildman–Crippen MR) is 75.4 cm³/mol. The number of nitrogens with zero attached hydrogens (tertiary/aromatic N) is 1. The van der Waals surface area contributed by atoms with Crippen molar-refractivity contribution in [3.8, 4) is 11.8 Å². The minimum Gasteiger partial charge on any atom is -0.492 e. The Morgan fingerprint density at radius 1 is 1.15 bits per heavy atom. The lowest BCUT2D eigenvalue weighted by Crippen LogP contribution is -2.28. The molecule has 100 valence electrons. The third-order valence-corrected chi connectivity index (χ3v) is 2.65. The maximum Gasteiger partial charge on any atom is 0.251 e. The number of rotatable bonds is 5. The number of carbonyl (C=O) groups excluding carboxylic acids is 1. The molecule has 4 heteroatoms. The van der Waals surface area contributed by atoms with Crippen molar-refractivity contribution < 1.29 is 9.53 Å². The van der Waals surface area contributed by atoms with Crippen LogP contribution in [0.4, 0.5) is 0 Å². The molecular weight excluding hydrogens is 252 g/mol. The van der Waals surface area contributed by atoms with Gasteiger partial charge >= 0.3 is 0 Å². The Morgan fingerprint density at radius 2 is 1.95 bits per heavy atom. The van der Waals surface area contributed by atoms with Crippen molar-refractivity contribution in [1.82, 2.24) is 5.32 Å². The van der Waals surface area contributed by atoms with Crippen LogP contribution < -0.4 is 10.1 Å². The first-order valence-electron chi connectivity index (χ1n) is 6.26. The van der Waals surface area contributed by atoms with Crippen molar-refractivity contribution in [2.45, 2.75) is 0 Å². The van der Waals surface area contributed by atoms with Crippen LogP contribution in [0, 0.1) is 11.3 Å². The molecule has 0 spiro atoms. The monoisotopic (exact) mass is 266 g/mol. The molecule has 4 nitrogen and oxygen atoms in total. The summed E-state index contributed by atoms with van der Waals surface area (Å²) < 4.78 is 5.47. The van der Waals surface area contributed by atoms with Gasteiger partial charge in [0.15, 0.2) is 0 Å². The fourth-order valence-electron chi connectivity index (χ4n) is 1.68. The number of para-hydroxylation sites is 1. The van der Waals surface area contributed by atoms with Crippen molar-refractivity contribution in [2.24, 2.45) is 0 Å². The lowest BCUT2D eigenvalue weighted by molar-refractivity contribution is 0.0947. The summed E-state index contributed by atoms with van der Waals surface area (Å²) in [7, 11) is 0. The first kappa shape index (κ1) is 13.6. The lowest BCUT2D eigenvalue weighted by atomic mass is 10.1. The van der Waals surface area contributed by atoms with Gasteiger partial charge in [-0.05, 0) is 30.3 Å². The standard InChI is InChI=1S/C16H14N2O2/c17-12-13-5-4-6-14(11-13)16(19)18-9-10-20-15-7-2-1-3-8-15/h1-8,11H,9-10H2,(H,18,19). The number of carbonyl (C=O) groups is 1. The minimum absolute atomic E-state index is 0.209. The van der Waals surface area contributed by atoms with Crippen LogP contribution in [0.15, 0.2) is 54.6 Å². The summed E-state index contributed by atoms with van der Waals surface area (Å²) in [5.41, 5.74) is 0.946. The van der Waals surface area contributed by atoms with E-state index in [0.29, 0.717) is 24.3 Å². The van der Waals surface area contributed by atoms with Crippen molar-refractivity contribution in [3.05, 3.63) is 65.7 Å². The molecule has 0 saturated heterocycles. The number of amides is 1. The molecule has 0 atom stereocenters. The Morgan fingerprint density at radius 3 is 2.70 bits per heavy atom. The number of nitriles is 1. The summed E-state index contributed by atoms with van der Waals surface area (Å²) in [5.74, 6) is 0.562. The van der Waals surface area contributed by atoms with E-state index >= 15 is 0 Å². The smallest absolute Gasteiger partial charge is 0.251 e. The summed E-state index contributed by atoms with van der Waals surface area (Å²) in [6.45, 7) is 0.804. The average Bonchev–Trinajstić information content (AvgIpc) is 2.52. The van der Waals surface area contributed by atoms with E-state index < -0.39 is 0 Å². The molecule has 0 fully saturated rings. The third-order valence-electron chi connectivity index (χ3n) is 2.65. The van der Waals surface area contributed by atoms with E-state index in [0.717, 1.165) is 5.75 Å². The Bertz CT molecular complexity index is 618. The lowest BCUT2D eigenvalue weighted by Gasteiger charge is -2.07. The van der Waals surface area contributed by atoms with Gasteiger partial charge in [0.05, 0.1) is 18.2 Å². The number of ether oxygens (including phenoxy) is 1. The number of hydrogen-bond donors (Lipinski definition) is 1. The number of benzene rings is 2. The number of hydrogen-bond acceptors (Lipinski definition) is 3. The van der Waals surface area contributed by atoms with Gasteiger partial charge in [-0.15, -0.1) is 0 Å². The van der Waals surface area contributed by atoms with Gasteiger partial charge in [-0.1, -0.05) is 24.3 Å². The van der Waals surface area contributed by atoms with Gasteiger partial charge in [-0.25, -0.2) is 0 Å². The molecule has 2 aromatic rings. The van der Waals surface area contributed by atoms with Gasteiger partial charge in [0, 0.05) is 5.56 Å². The molecule has 0 bridgehead atoms. The Kier molecular flexibility index (Phi) is 4.74. The van der Waals surface area contributed by atoms with Crippen LogP contribution in [0.5, 0.6) is 5.75 Å². The molecule has 0 aliphatic heterocycles. The molecular formula is C16H14N2O2. The fourth-order valence-corrected chi connectivity index (χ4v) is 1.68. The maximum absolute atomic E-state index is 11.8. The van der Waals surface area contributed by atoms with Crippen molar-refractivity contribution >= 4 is 5.91 Å². The first-order valence-corrected chi connectivity index (χ1v) is 6.26. The zero-order valence-corrected chi connectivity index (χ0v) is 10.9. The van der Waals surface area contributed by atoms with Crippen LogP contribution in [0.25, 0.3) is 0 Å². The second-order valence-electron chi connectivity index (χ2n) is 4.11. The largest absolute Gasteiger partial charge is 0.492 e. The predicted octanol–water partition coefficient (Wildman–Crippen LogP) is 2.37. The van der Waals surface area contributed by atoms with Gasteiger partial charge in [0.2, 0.25) is 0 Å². The molecule has 1 amide bonds. The van der Waals surface area contributed by atoms with Gasteiger partial charge in [0.25, 0.3) is 5.91 Å². The molecule has 2 aromatic carbocycles. The zero-order chi connectivity index (χ0) is 14.2. The summed E-state index contributed by atoms with van der Waals surface area (Å²) in [6, 6.07) is 18.0. The molecule has 1 N–H and O–H groups in total. The first-order chi connectivity index (χ1) is 9.79. The minimum atomic E-state index is -0.209. The third kappa shape index (κ3) is 3.85. The SMILES string of the molecule is N#Cc1cccc(C(=O)NCCOc2ccccc2)c1. The molecule has 2 rings (SSSR count). The Hall–Kier alpha value is -2.80. The van der Waals surface area contributed by atoms with Gasteiger partial charge in [-0.2, -0.15) is 5.26 Å². The van der Waals surface area contributed by atoms with Crippen LogP contribution in [-0.4, -0.2) is 19.1 Å². The Labute approximate surface area is 117 Å². The highest BCUT2D eigenvalue weighted by Gasteiger charge is 2.05. The fraction of sp³-hybridized carbons (Fsp3) is 0.125. The quantitative estimate of drug-likeness (QED) is 0.845. The van der Waals surface area contributed by atoms with Crippen LogP contribution >= 0.6 is 0 Å².